The van der Waals surface area contributed by atoms with Crippen molar-refractivity contribution in [2.45, 2.75) is 33.4 Å². The van der Waals surface area contributed by atoms with Gasteiger partial charge in [0.05, 0.1) is 6.54 Å². The highest BCUT2D eigenvalue weighted by Gasteiger charge is 2.07. The van der Waals surface area contributed by atoms with Crippen LogP contribution in [-0.4, -0.2) is 20.7 Å². The van der Waals surface area contributed by atoms with Crippen molar-refractivity contribution in [2.75, 3.05) is 11.9 Å². The van der Waals surface area contributed by atoms with E-state index in [1.165, 1.54) is 0 Å². The fraction of sp³-hybridized carbons (Fsp3) is 0.429. The maximum absolute atomic E-state index is 12.1. The third kappa shape index (κ3) is 3.05. The van der Waals surface area contributed by atoms with Crippen LogP contribution in [0.4, 0.5) is 5.82 Å². The average Bonchev–Trinajstić information content (AvgIpc) is 2.75. The molecule has 1 N–H and O–H groups in total. The Hall–Kier alpha value is -2.04. The second kappa shape index (κ2) is 6.22. The van der Waals surface area contributed by atoms with Gasteiger partial charge in [0.25, 0.3) is 0 Å². The first-order chi connectivity index (χ1) is 9.26. The summed E-state index contributed by atoms with van der Waals surface area (Å²) in [5, 5.41) is 3.21. The molecule has 0 aromatic carbocycles. The topological polar surface area (TPSA) is 51.9 Å². The smallest absolute Gasteiger partial charge is 0.328 e. The molecule has 0 saturated carbocycles. The van der Waals surface area contributed by atoms with E-state index in [0.717, 1.165) is 30.9 Å². The predicted molar refractivity (Wildman–Crippen MR) is 76.5 cm³/mol. The van der Waals surface area contributed by atoms with E-state index in [9.17, 15) is 4.79 Å². The summed E-state index contributed by atoms with van der Waals surface area (Å²) in [5.41, 5.74) is 1.06. The highest BCUT2D eigenvalue weighted by atomic mass is 16.1. The van der Waals surface area contributed by atoms with Crippen LogP contribution in [0.15, 0.2) is 35.5 Å². The van der Waals surface area contributed by atoms with E-state index in [1.807, 2.05) is 31.5 Å². The zero-order chi connectivity index (χ0) is 13.7. The van der Waals surface area contributed by atoms with Crippen molar-refractivity contribution in [3.05, 3.63) is 46.8 Å². The van der Waals surface area contributed by atoms with Crippen molar-refractivity contribution in [1.29, 1.82) is 0 Å². The number of hydrogen-bond acceptors (Lipinski definition) is 3. The first kappa shape index (κ1) is 13.4. The van der Waals surface area contributed by atoms with Gasteiger partial charge in [-0.1, -0.05) is 13.0 Å². The molecule has 0 atom stereocenters. The quantitative estimate of drug-likeness (QED) is 0.863. The molecule has 0 aliphatic rings. The average molecular weight is 260 g/mol. The molecule has 0 aliphatic heterocycles. The lowest BCUT2D eigenvalue weighted by atomic mass is 10.2. The van der Waals surface area contributed by atoms with Gasteiger partial charge in [-0.05, 0) is 19.4 Å². The molecule has 0 amide bonds. The fourth-order valence-corrected chi connectivity index (χ4v) is 2.06. The number of nitrogens with zero attached hydrogens (tertiary/aromatic N) is 3. The number of hydrogen-bond donors (Lipinski definition) is 1. The van der Waals surface area contributed by atoms with Crippen LogP contribution in [-0.2, 0) is 13.1 Å². The fourth-order valence-electron chi connectivity index (χ4n) is 2.06. The Balaban J connectivity index is 2.24. The van der Waals surface area contributed by atoms with Crippen molar-refractivity contribution < 1.29 is 0 Å². The Labute approximate surface area is 112 Å². The molecule has 19 heavy (non-hydrogen) atoms. The molecule has 0 unspecified atom stereocenters. The normalized spacial score (nSPS) is 10.6. The van der Waals surface area contributed by atoms with E-state index in [1.54, 1.807) is 15.3 Å². The molecular weight excluding hydrogens is 240 g/mol. The van der Waals surface area contributed by atoms with Crippen LogP contribution < -0.4 is 11.0 Å². The Kier molecular flexibility index (Phi) is 4.39. The molecule has 0 saturated heterocycles. The maximum Gasteiger partial charge on any atom is 0.328 e. The molecule has 0 bridgehead atoms. The van der Waals surface area contributed by atoms with Gasteiger partial charge in [0.2, 0.25) is 0 Å². The number of nitrogens with one attached hydrogen (secondary N) is 1. The van der Waals surface area contributed by atoms with Gasteiger partial charge in [-0.2, -0.15) is 0 Å². The van der Waals surface area contributed by atoms with Crippen LogP contribution in [0.5, 0.6) is 0 Å². The largest absolute Gasteiger partial charge is 0.370 e. The standard InChI is InChI=1S/C14H20N4O/c1-3-8-17-9-10-18(14(17)19)11-12-6-5-7-16-13(12)15-4-2/h5-7,9-10H,3-4,8,11H2,1-2H3,(H,15,16). The minimum atomic E-state index is 0.0353. The van der Waals surface area contributed by atoms with E-state index < -0.39 is 0 Å². The molecule has 2 aromatic heterocycles. The lowest BCUT2D eigenvalue weighted by Gasteiger charge is -2.09. The van der Waals surface area contributed by atoms with Gasteiger partial charge in [-0.15, -0.1) is 0 Å². The number of pyridine rings is 1. The number of imidazole rings is 1. The van der Waals surface area contributed by atoms with Crippen molar-refractivity contribution in [3.63, 3.8) is 0 Å². The highest BCUT2D eigenvalue weighted by molar-refractivity contribution is 5.43. The van der Waals surface area contributed by atoms with Crippen LogP contribution in [0.3, 0.4) is 0 Å². The van der Waals surface area contributed by atoms with E-state index in [0.29, 0.717) is 6.54 Å². The predicted octanol–water partition coefficient (Wildman–Crippen LogP) is 1.93. The van der Waals surface area contributed by atoms with Gasteiger partial charge in [0, 0.05) is 37.2 Å². The zero-order valence-electron chi connectivity index (χ0n) is 11.5. The summed E-state index contributed by atoms with van der Waals surface area (Å²) in [6.07, 6.45) is 6.39. The summed E-state index contributed by atoms with van der Waals surface area (Å²) >= 11 is 0. The van der Waals surface area contributed by atoms with Gasteiger partial charge in [0.1, 0.15) is 5.82 Å². The first-order valence-corrected chi connectivity index (χ1v) is 6.69. The molecule has 5 heteroatoms. The van der Waals surface area contributed by atoms with E-state index >= 15 is 0 Å². The zero-order valence-corrected chi connectivity index (χ0v) is 11.5. The number of anilines is 1. The lowest BCUT2D eigenvalue weighted by Crippen LogP contribution is -2.24. The summed E-state index contributed by atoms with van der Waals surface area (Å²) < 4.78 is 3.46. The molecule has 2 heterocycles. The van der Waals surface area contributed by atoms with E-state index in [4.69, 9.17) is 0 Å². The van der Waals surface area contributed by atoms with Crippen molar-refractivity contribution in [3.8, 4) is 0 Å². The van der Waals surface area contributed by atoms with E-state index in [-0.39, 0.29) is 5.69 Å². The minimum absolute atomic E-state index is 0.0353. The van der Waals surface area contributed by atoms with Crippen molar-refractivity contribution in [1.82, 2.24) is 14.1 Å². The lowest BCUT2D eigenvalue weighted by molar-refractivity contribution is 0.624. The molecule has 2 aromatic rings. The molecule has 0 fully saturated rings. The van der Waals surface area contributed by atoms with E-state index in [2.05, 4.69) is 17.2 Å². The van der Waals surface area contributed by atoms with Crippen LogP contribution >= 0.6 is 0 Å². The summed E-state index contributed by atoms with van der Waals surface area (Å²) in [6.45, 7) is 6.22. The van der Waals surface area contributed by atoms with Gasteiger partial charge in [-0.3, -0.25) is 9.13 Å². The summed E-state index contributed by atoms with van der Waals surface area (Å²) in [4.78, 5) is 16.4. The highest BCUT2D eigenvalue weighted by Crippen LogP contribution is 2.12. The third-order valence-corrected chi connectivity index (χ3v) is 2.96. The van der Waals surface area contributed by atoms with Gasteiger partial charge >= 0.3 is 5.69 Å². The Bertz CT molecular complexity index is 585. The number of rotatable bonds is 6. The summed E-state index contributed by atoms with van der Waals surface area (Å²) in [5.74, 6) is 0.847. The summed E-state index contributed by atoms with van der Waals surface area (Å²) in [7, 11) is 0. The van der Waals surface area contributed by atoms with Crippen LogP contribution in [0.25, 0.3) is 0 Å². The third-order valence-electron chi connectivity index (χ3n) is 2.96. The molecular formula is C14H20N4O. The molecule has 5 nitrogen and oxygen atoms in total. The van der Waals surface area contributed by atoms with Crippen molar-refractivity contribution >= 4 is 5.82 Å². The van der Waals surface area contributed by atoms with Gasteiger partial charge < -0.3 is 5.32 Å². The van der Waals surface area contributed by atoms with Gasteiger partial charge in [-0.25, -0.2) is 9.78 Å². The summed E-state index contributed by atoms with van der Waals surface area (Å²) in [6, 6.07) is 3.89. The molecule has 2 rings (SSSR count). The second-order valence-corrected chi connectivity index (χ2v) is 4.44. The molecule has 0 aliphatic carbocycles. The SMILES string of the molecule is CCCn1ccn(Cc2cccnc2NCC)c1=O. The molecule has 0 radical (unpaired) electrons. The van der Waals surface area contributed by atoms with Gasteiger partial charge in [0.15, 0.2) is 0 Å². The van der Waals surface area contributed by atoms with Crippen LogP contribution in [0, 0.1) is 0 Å². The Morgan fingerprint density at radius 3 is 2.79 bits per heavy atom. The molecule has 102 valence electrons. The van der Waals surface area contributed by atoms with Crippen molar-refractivity contribution in [2.24, 2.45) is 0 Å². The second-order valence-electron chi connectivity index (χ2n) is 4.44. The maximum atomic E-state index is 12.1. The Morgan fingerprint density at radius 2 is 2.05 bits per heavy atom. The molecule has 0 spiro atoms. The monoisotopic (exact) mass is 260 g/mol. The minimum Gasteiger partial charge on any atom is -0.370 e. The van der Waals surface area contributed by atoms with Crippen LogP contribution in [0.2, 0.25) is 0 Å². The van der Waals surface area contributed by atoms with Crippen LogP contribution in [0.1, 0.15) is 25.8 Å². The number of aromatic nitrogens is 3. The first-order valence-electron chi connectivity index (χ1n) is 6.69. The Morgan fingerprint density at radius 1 is 1.26 bits per heavy atom. The number of aryl methyl sites for hydroxylation is 1.